The van der Waals surface area contributed by atoms with Crippen molar-refractivity contribution in [2.75, 3.05) is 30.4 Å². The number of hydrogen-bond donors (Lipinski definition) is 1. The summed E-state index contributed by atoms with van der Waals surface area (Å²) in [6.07, 6.45) is 11.0. The van der Waals surface area contributed by atoms with Crippen molar-refractivity contribution in [3.8, 4) is 0 Å². The summed E-state index contributed by atoms with van der Waals surface area (Å²) in [6.45, 7) is 4.40. The van der Waals surface area contributed by atoms with E-state index >= 15 is 0 Å². The predicted octanol–water partition coefficient (Wildman–Crippen LogP) is 3.78. The molecule has 20 heavy (non-hydrogen) atoms. The molecule has 2 aliphatic carbocycles. The van der Waals surface area contributed by atoms with Gasteiger partial charge in [0.15, 0.2) is 0 Å². The molecule has 3 atom stereocenters. The van der Waals surface area contributed by atoms with Crippen LogP contribution in [-0.2, 0) is 0 Å². The lowest BCUT2D eigenvalue weighted by atomic mass is 9.88. The van der Waals surface area contributed by atoms with Gasteiger partial charge in [-0.3, -0.25) is 4.98 Å². The zero-order valence-corrected chi connectivity index (χ0v) is 12.8. The number of rotatable bonds is 6. The van der Waals surface area contributed by atoms with Gasteiger partial charge in [-0.25, -0.2) is 0 Å². The third-order valence-corrected chi connectivity index (χ3v) is 5.14. The first-order valence-electron chi connectivity index (χ1n) is 8.16. The van der Waals surface area contributed by atoms with Gasteiger partial charge in [-0.2, -0.15) is 0 Å². The zero-order valence-electron chi connectivity index (χ0n) is 12.8. The topological polar surface area (TPSA) is 28.2 Å². The highest BCUT2D eigenvalue weighted by atomic mass is 15.1. The van der Waals surface area contributed by atoms with E-state index < -0.39 is 0 Å². The average Bonchev–Trinajstić information content (AvgIpc) is 3.08. The maximum absolute atomic E-state index is 4.38. The van der Waals surface area contributed by atoms with Gasteiger partial charge >= 0.3 is 0 Å². The number of aromatic nitrogens is 1. The number of pyridine rings is 1. The zero-order chi connectivity index (χ0) is 13.9. The highest BCUT2D eigenvalue weighted by Gasteiger charge is 2.39. The molecule has 1 heterocycles. The second-order valence-corrected chi connectivity index (χ2v) is 6.67. The highest BCUT2D eigenvalue weighted by Crippen LogP contribution is 2.48. The summed E-state index contributed by atoms with van der Waals surface area (Å²) in [5.74, 6) is 2.94. The number of fused-ring (bicyclic) bond motifs is 2. The molecule has 1 aromatic rings. The molecular weight excluding hydrogens is 246 g/mol. The first-order chi connectivity index (χ1) is 9.76. The molecule has 3 nitrogen and oxygen atoms in total. The molecule has 3 rings (SSSR count). The summed E-state index contributed by atoms with van der Waals surface area (Å²) in [5, 5.41) is 3.42. The van der Waals surface area contributed by atoms with Crippen LogP contribution >= 0.6 is 0 Å². The van der Waals surface area contributed by atoms with Crippen LogP contribution in [-0.4, -0.2) is 25.1 Å². The molecule has 110 valence electrons. The third-order valence-electron chi connectivity index (χ3n) is 5.14. The fourth-order valence-electron chi connectivity index (χ4n) is 4.06. The standard InChI is InChI=1S/C17H27N3/c1-3-6-19-16-9-17(11-18-10-16)20(2)12-15-8-13-4-5-14(15)7-13/h9-11,13-15,19H,3-8,12H2,1-2H3. The van der Waals surface area contributed by atoms with Gasteiger partial charge < -0.3 is 10.2 Å². The van der Waals surface area contributed by atoms with Crippen LogP contribution in [0.2, 0.25) is 0 Å². The van der Waals surface area contributed by atoms with Crippen molar-refractivity contribution >= 4 is 11.4 Å². The summed E-state index contributed by atoms with van der Waals surface area (Å²) < 4.78 is 0. The Kier molecular flexibility index (Phi) is 4.13. The lowest BCUT2D eigenvalue weighted by Crippen LogP contribution is -2.28. The van der Waals surface area contributed by atoms with E-state index in [2.05, 4.69) is 35.2 Å². The monoisotopic (exact) mass is 273 g/mol. The van der Waals surface area contributed by atoms with Crippen LogP contribution < -0.4 is 10.2 Å². The van der Waals surface area contributed by atoms with E-state index in [-0.39, 0.29) is 0 Å². The minimum Gasteiger partial charge on any atom is -0.384 e. The Morgan fingerprint density at radius 3 is 2.90 bits per heavy atom. The summed E-state index contributed by atoms with van der Waals surface area (Å²) in [5.41, 5.74) is 2.39. The minimum absolute atomic E-state index is 0.908. The minimum atomic E-state index is 0.908. The number of nitrogens with one attached hydrogen (secondary N) is 1. The van der Waals surface area contributed by atoms with Crippen LogP contribution in [0.25, 0.3) is 0 Å². The van der Waals surface area contributed by atoms with E-state index in [0.29, 0.717) is 0 Å². The maximum Gasteiger partial charge on any atom is 0.0570 e. The van der Waals surface area contributed by atoms with Crippen LogP contribution in [0.15, 0.2) is 18.5 Å². The van der Waals surface area contributed by atoms with E-state index in [1.54, 1.807) is 0 Å². The Morgan fingerprint density at radius 1 is 1.30 bits per heavy atom. The van der Waals surface area contributed by atoms with Crippen LogP contribution in [0.4, 0.5) is 11.4 Å². The van der Waals surface area contributed by atoms with Gasteiger partial charge in [0.2, 0.25) is 0 Å². The largest absolute Gasteiger partial charge is 0.384 e. The molecule has 1 N–H and O–H groups in total. The normalized spacial score (nSPS) is 27.8. The molecular formula is C17H27N3. The van der Waals surface area contributed by atoms with Crippen molar-refractivity contribution in [2.24, 2.45) is 17.8 Å². The van der Waals surface area contributed by atoms with Crippen molar-refractivity contribution < 1.29 is 0 Å². The fourth-order valence-corrected chi connectivity index (χ4v) is 4.06. The van der Waals surface area contributed by atoms with E-state index in [4.69, 9.17) is 0 Å². The Balaban J connectivity index is 1.60. The van der Waals surface area contributed by atoms with Gasteiger partial charge in [0.05, 0.1) is 23.8 Å². The lowest BCUT2D eigenvalue weighted by Gasteiger charge is -2.28. The molecule has 2 aliphatic rings. The van der Waals surface area contributed by atoms with Crippen LogP contribution in [0, 0.1) is 17.8 Å². The number of nitrogens with zero attached hydrogens (tertiary/aromatic N) is 2. The molecule has 1 aromatic heterocycles. The van der Waals surface area contributed by atoms with E-state index in [1.165, 1.54) is 37.9 Å². The van der Waals surface area contributed by atoms with Crippen LogP contribution in [0.5, 0.6) is 0 Å². The Hall–Kier alpha value is -1.25. The van der Waals surface area contributed by atoms with E-state index in [1.807, 2.05) is 12.4 Å². The Morgan fingerprint density at radius 2 is 2.20 bits per heavy atom. The van der Waals surface area contributed by atoms with Gasteiger partial charge in [-0.15, -0.1) is 0 Å². The molecule has 0 amide bonds. The summed E-state index contributed by atoms with van der Waals surface area (Å²) >= 11 is 0. The SMILES string of the molecule is CCCNc1cncc(N(C)CC2CC3CCC2C3)c1. The predicted molar refractivity (Wildman–Crippen MR) is 85.2 cm³/mol. The van der Waals surface area contributed by atoms with Crippen molar-refractivity contribution in [1.29, 1.82) is 0 Å². The summed E-state index contributed by atoms with van der Waals surface area (Å²) in [7, 11) is 2.21. The molecule has 2 saturated carbocycles. The molecule has 0 aromatic carbocycles. The molecule has 0 saturated heterocycles. The van der Waals surface area contributed by atoms with Crippen molar-refractivity contribution in [2.45, 2.75) is 39.0 Å². The van der Waals surface area contributed by atoms with Crippen molar-refractivity contribution in [3.63, 3.8) is 0 Å². The average molecular weight is 273 g/mol. The molecule has 0 radical (unpaired) electrons. The second kappa shape index (κ2) is 6.02. The molecule has 2 bridgehead atoms. The second-order valence-electron chi connectivity index (χ2n) is 6.67. The maximum atomic E-state index is 4.38. The molecule has 3 unspecified atom stereocenters. The smallest absolute Gasteiger partial charge is 0.0570 e. The van der Waals surface area contributed by atoms with Crippen LogP contribution in [0.3, 0.4) is 0 Å². The lowest BCUT2D eigenvalue weighted by molar-refractivity contribution is 0.337. The highest BCUT2D eigenvalue weighted by molar-refractivity contribution is 5.55. The van der Waals surface area contributed by atoms with E-state index in [0.717, 1.165) is 36.4 Å². The van der Waals surface area contributed by atoms with Crippen LogP contribution in [0.1, 0.15) is 39.0 Å². The third kappa shape index (κ3) is 2.92. The molecule has 2 fully saturated rings. The van der Waals surface area contributed by atoms with Gasteiger partial charge in [0.25, 0.3) is 0 Å². The van der Waals surface area contributed by atoms with Gasteiger partial charge in [-0.1, -0.05) is 13.3 Å². The van der Waals surface area contributed by atoms with Crippen molar-refractivity contribution in [3.05, 3.63) is 18.5 Å². The molecule has 3 heteroatoms. The number of hydrogen-bond acceptors (Lipinski definition) is 3. The first kappa shape index (κ1) is 13.7. The van der Waals surface area contributed by atoms with Gasteiger partial charge in [0.1, 0.15) is 0 Å². The first-order valence-corrected chi connectivity index (χ1v) is 8.16. The fraction of sp³-hybridized carbons (Fsp3) is 0.706. The number of anilines is 2. The summed E-state index contributed by atoms with van der Waals surface area (Å²) in [4.78, 5) is 6.78. The Labute approximate surface area is 122 Å². The Bertz CT molecular complexity index is 446. The summed E-state index contributed by atoms with van der Waals surface area (Å²) in [6, 6.07) is 2.23. The molecule has 0 aliphatic heterocycles. The van der Waals surface area contributed by atoms with Gasteiger partial charge in [0, 0.05) is 20.1 Å². The van der Waals surface area contributed by atoms with Gasteiger partial charge in [-0.05, 0) is 49.5 Å². The quantitative estimate of drug-likeness (QED) is 0.855. The van der Waals surface area contributed by atoms with E-state index in [9.17, 15) is 0 Å². The van der Waals surface area contributed by atoms with Crippen molar-refractivity contribution in [1.82, 2.24) is 4.98 Å². The molecule has 0 spiro atoms.